The molecule has 0 aromatic heterocycles. The first kappa shape index (κ1) is 14.5. The van der Waals surface area contributed by atoms with Crippen molar-refractivity contribution in [3.8, 4) is 0 Å². The molecule has 1 unspecified atom stereocenters. The zero-order valence-electron chi connectivity index (χ0n) is 12.2. The first-order chi connectivity index (χ1) is 8.73. The first-order valence-electron chi connectivity index (χ1n) is 6.82. The summed E-state index contributed by atoms with van der Waals surface area (Å²) in [6.45, 7) is 9.53. The fourth-order valence-electron chi connectivity index (χ4n) is 2.56. The molecule has 1 aromatic carbocycles. The molecule has 3 nitrogen and oxygen atoms in total. The van der Waals surface area contributed by atoms with Crippen molar-refractivity contribution < 1.29 is 8.42 Å². The maximum Gasteiger partial charge on any atom is 0.243 e. The molecule has 4 heteroatoms. The minimum Gasteiger partial charge on any atom is -0.207 e. The van der Waals surface area contributed by atoms with Gasteiger partial charge in [0.25, 0.3) is 0 Å². The molecule has 19 heavy (non-hydrogen) atoms. The lowest BCUT2D eigenvalue weighted by Gasteiger charge is -2.25. The molecule has 0 spiro atoms. The number of hydrogen-bond donors (Lipinski definition) is 0. The van der Waals surface area contributed by atoms with Gasteiger partial charge in [-0.05, 0) is 29.4 Å². The average molecular weight is 281 g/mol. The van der Waals surface area contributed by atoms with Crippen molar-refractivity contribution in [2.24, 2.45) is 5.92 Å². The lowest BCUT2D eigenvalue weighted by Crippen LogP contribution is -2.31. The summed E-state index contributed by atoms with van der Waals surface area (Å²) in [7, 11) is -3.35. The van der Waals surface area contributed by atoms with Crippen LogP contribution in [0.5, 0.6) is 0 Å². The molecule has 1 aromatic rings. The van der Waals surface area contributed by atoms with Crippen molar-refractivity contribution in [3.05, 3.63) is 29.8 Å². The van der Waals surface area contributed by atoms with Crippen LogP contribution in [0.4, 0.5) is 0 Å². The van der Waals surface area contributed by atoms with Crippen molar-refractivity contribution in [2.75, 3.05) is 13.1 Å². The Kier molecular flexibility index (Phi) is 3.76. The summed E-state index contributed by atoms with van der Waals surface area (Å²) in [5, 5.41) is 0. The summed E-state index contributed by atoms with van der Waals surface area (Å²) in [4.78, 5) is 0.469. The van der Waals surface area contributed by atoms with E-state index in [-0.39, 0.29) is 5.41 Å². The van der Waals surface area contributed by atoms with Gasteiger partial charge in [0.2, 0.25) is 10.0 Å². The summed E-state index contributed by atoms with van der Waals surface area (Å²) in [5.41, 5.74) is 0.726. The van der Waals surface area contributed by atoms with Crippen LogP contribution in [-0.2, 0) is 15.4 Å². The van der Waals surface area contributed by atoms with Crippen LogP contribution in [0.15, 0.2) is 29.2 Å². The van der Waals surface area contributed by atoms with Gasteiger partial charge in [-0.3, -0.25) is 0 Å². The fourth-order valence-corrected chi connectivity index (χ4v) is 4.54. The zero-order valence-corrected chi connectivity index (χ0v) is 13.0. The molecule has 1 heterocycles. The molecule has 0 aliphatic carbocycles. The van der Waals surface area contributed by atoms with E-state index in [1.807, 2.05) is 39.0 Å². The van der Waals surface area contributed by atoms with Gasteiger partial charge in [0, 0.05) is 13.1 Å². The number of benzene rings is 1. The molecule has 1 saturated heterocycles. The number of nitrogens with zero attached hydrogens (tertiary/aromatic N) is 1. The minimum absolute atomic E-state index is 0.172. The van der Waals surface area contributed by atoms with E-state index in [0.29, 0.717) is 23.9 Å². The van der Waals surface area contributed by atoms with Gasteiger partial charge in [-0.2, -0.15) is 4.31 Å². The van der Waals surface area contributed by atoms with Crippen LogP contribution in [0.3, 0.4) is 0 Å². The van der Waals surface area contributed by atoms with E-state index >= 15 is 0 Å². The number of sulfonamides is 1. The van der Waals surface area contributed by atoms with Crippen LogP contribution in [-0.4, -0.2) is 25.8 Å². The van der Waals surface area contributed by atoms with Gasteiger partial charge in [-0.15, -0.1) is 0 Å². The summed E-state index contributed by atoms with van der Waals surface area (Å²) < 4.78 is 27.2. The van der Waals surface area contributed by atoms with Crippen molar-refractivity contribution in [1.29, 1.82) is 0 Å². The van der Waals surface area contributed by atoms with Gasteiger partial charge in [-0.25, -0.2) is 8.42 Å². The van der Waals surface area contributed by atoms with Crippen molar-refractivity contribution in [2.45, 2.75) is 44.4 Å². The molecule has 0 saturated carbocycles. The Balaban J connectivity index is 2.47. The topological polar surface area (TPSA) is 37.4 Å². The summed E-state index contributed by atoms with van der Waals surface area (Å²) in [5.74, 6) is 0.455. The van der Waals surface area contributed by atoms with E-state index in [2.05, 4.69) is 6.92 Å². The molecule has 1 aliphatic heterocycles. The second kappa shape index (κ2) is 4.91. The Labute approximate surface area is 116 Å². The summed E-state index contributed by atoms with van der Waals surface area (Å²) >= 11 is 0. The lowest BCUT2D eigenvalue weighted by molar-refractivity contribution is 0.460. The molecule has 1 aliphatic rings. The van der Waals surface area contributed by atoms with Crippen molar-refractivity contribution in [3.63, 3.8) is 0 Å². The third-order valence-corrected chi connectivity index (χ3v) is 5.62. The Morgan fingerprint density at radius 1 is 1.21 bits per heavy atom. The van der Waals surface area contributed by atoms with Crippen molar-refractivity contribution >= 4 is 10.0 Å². The van der Waals surface area contributed by atoms with E-state index in [4.69, 9.17) is 0 Å². The smallest absolute Gasteiger partial charge is 0.207 e. The van der Waals surface area contributed by atoms with Crippen LogP contribution in [0.2, 0.25) is 0 Å². The predicted molar refractivity (Wildman–Crippen MR) is 77.7 cm³/mol. The predicted octanol–water partition coefficient (Wildman–Crippen LogP) is 3.01. The Morgan fingerprint density at radius 3 is 2.37 bits per heavy atom. The Hall–Kier alpha value is -0.870. The van der Waals surface area contributed by atoms with Gasteiger partial charge in [0.15, 0.2) is 0 Å². The van der Waals surface area contributed by atoms with Crippen LogP contribution in [0.1, 0.15) is 39.7 Å². The van der Waals surface area contributed by atoms with Crippen LogP contribution in [0, 0.1) is 5.92 Å². The maximum absolute atomic E-state index is 12.8. The zero-order chi connectivity index (χ0) is 14.3. The summed E-state index contributed by atoms with van der Waals surface area (Å²) in [6, 6.07) is 7.37. The first-order valence-corrected chi connectivity index (χ1v) is 8.26. The standard InChI is InChI=1S/C15H23NO2S/c1-12-9-10-16(11-12)19(17,18)14-8-6-5-7-13(14)15(2,3)4/h5-8,12H,9-11H2,1-4H3. The summed E-state index contributed by atoms with van der Waals surface area (Å²) in [6.07, 6.45) is 0.955. The highest BCUT2D eigenvalue weighted by molar-refractivity contribution is 7.89. The quantitative estimate of drug-likeness (QED) is 0.835. The average Bonchev–Trinajstić information content (AvgIpc) is 2.75. The second-order valence-corrected chi connectivity index (χ2v) is 8.41. The molecule has 0 bridgehead atoms. The molecule has 2 rings (SSSR count). The van der Waals surface area contributed by atoms with E-state index in [0.717, 1.165) is 12.0 Å². The maximum atomic E-state index is 12.8. The van der Waals surface area contributed by atoms with Gasteiger partial charge in [0.05, 0.1) is 4.90 Å². The number of rotatable bonds is 2. The highest BCUT2D eigenvalue weighted by Crippen LogP contribution is 2.32. The number of hydrogen-bond acceptors (Lipinski definition) is 2. The van der Waals surface area contributed by atoms with Gasteiger partial charge < -0.3 is 0 Å². The van der Waals surface area contributed by atoms with E-state index < -0.39 is 10.0 Å². The molecule has 106 valence electrons. The minimum atomic E-state index is -3.35. The molecule has 0 amide bonds. The largest absolute Gasteiger partial charge is 0.243 e. The second-order valence-electron chi connectivity index (χ2n) is 6.50. The van der Waals surface area contributed by atoms with Crippen LogP contribution < -0.4 is 0 Å². The van der Waals surface area contributed by atoms with Crippen molar-refractivity contribution in [1.82, 2.24) is 4.31 Å². The van der Waals surface area contributed by atoms with E-state index in [9.17, 15) is 8.42 Å². The van der Waals surface area contributed by atoms with Gasteiger partial charge in [-0.1, -0.05) is 45.9 Å². The van der Waals surface area contributed by atoms with E-state index in [1.54, 1.807) is 10.4 Å². The highest BCUT2D eigenvalue weighted by atomic mass is 32.2. The lowest BCUT2D eigenvalue weighted by atomic mass is 9.87. The third kappa shape index (κ3) is 2.84. The Morgan fingerprint density at radius 2 is 1.84 bits per heavy atom. The van der Waals surface area contributed by atoms with E-state index in [1.165, 1.54) is 0 Å². The monoisotopic (exact) mass is 281 g/mol. The highest BCUT2D eigenvalue weighted by Gasteiger charge is 2.33. The fraction of sp³-hybridized carbons (Fsp3) is 0.600. The third-order valence-electron chi connectivity index (χ3n) is 3.70. The normalized spacial score (nSPS) is 21.8. The molecule has 0 radical (unpaired) electrons. The van der Waals surface area contributed by atoms with Gasteiger partial charge in [0.1, 0.15) is 0 Å². The molecular formula is C15H23NO2S. The molecule has 0 N–H and O–H groups in total. The molecule has 1 fully saturated rings. The van der Waals surface area contributed by atoms with Crippen LogP contribution in [0.25, 0.3) is 0 Å². The molecule has 1 atom stereocenters. The van der Waals surface area contributed by atoms with Crippen LogP contribution >= 0.6 is 0 Å². The van der Waals surface area contributed by atoms with Gasteiger partial charge >= 0.3 is 0 Å². The Bertz CT molecular complexity index is 558. The SMILES string of the molecule is CC1CCN(S(=O)(=O)c2ccccc2C(C)(C)C)C1. The molecular weight excluding hydrogens is 258 g/mol.